The molecule has 39 heavy (non-hydrogen) atoms. The van der Waals surface area contributed by atoms with Crippen LogP contribution in [0.2, 0.25) is 0 Å². The van der Waals surface area contributed by atoms with Crippen LogP contribution in [0.15, 0.2) is 29.6 Å². The van der Waals surface area contributed by atoms with E-state index in [1.165, 1.54) is 25.4 Å². The SMILES string of the molecule is CNC(=O)c1csc([C@@H]2C[C@H](NC(=O)[C@@H]3CC(=O)N(C)C(=O)N3)CN2C(=O)c2cccc(-c3nn[nH]n3)c2)n1. The number of rotatable bonds is 6. The van der Waals surface area contributed by atoms with Crippen molar-refractivity contribution in [3.05, 3.63) is 45.9 Å². The molecule has 0 saturated carbocycles. The van der Waals surface area contributed by atoms with Crippen LogP contribution in [0.3, 0.4) is 0 Å². The monoisotopic (exact) mass is 552 g/mol. The Hall–Kier alpha value is -4.73. The van der Waals surface area contributed by atoms with Crippen molar-refractivity contribution in [2.45, 2.75) is 31.0 Å². The summed E-state index contributed by atoms with van der Waals surface area (Å²) in [6.45, 7) is 0.144. The topological polar surface area (TPSA) is 195 Å². The molecule has 2 aromatic heterocycles. The van der Waals surface area contributed by atoms with Crippen LogP contribution in [-0.4, -0.2) is 97.8 Å². The van der Waals surface area contributed by atoms with Gasteiger partial charge in [-0.3, -0.25) is 24.1 Å². The summed E-state index contributed by atoms with van der Waals surface area (Å²) in [5.74, 6) is -1.33. The summed E-state index contributed by atoms with van der Waals surface area (Å²) >= 11 is 1.24. The lowest BCUT2D eigenvalue weighted by atomic mass is 10.1. The van der Waals surface area contributed by atoms with Crippen molar-refractivity contribution >= 4 is 41.0 Å². The summed E-state index contributed by atoms with van der Waals surface area (Å²) in [5.41, 5.74) is 1.18. The minimum atomic E-state index is -1.02. The zero-order chi connectivity index (χ0) is 27.7. The van der Waals surface area contributed by atoms with Crippen molar-refractivity contribution in [3.8, 4) is 11.4 Å². The predicted octanol–water partition coefficient (Wildman–Crippen LogP) is -0.305. The lowest BCUT2D eigenvalue weighted by Gasteiger charge is -2.28. The van der Waals surface area contributed by atoms with Gasteiger partial charge < -0.3 is 20.9 Å². The van der Waals surface area contributed by atoms with Gasteiger partial charge in [-0.05, 0) is 23.8 Å². The maximum Gasteiger partial charge on any atom is 0.324 e. The van der Waals surface area contributed by atoms with E-state index in [4.69, 9.17) is 0 Å². The van der Waals surface area contributed by atoms with Crippen LogP contribution in [0.1, 0.15) is 44.7 Å². The predicted molar refractivity (Wildman–Crippen MR) is 135 cm³/mol. The zero-order valence-electron chi connectivity index (χ0n) is 20.9. The number of imide groups is 1. The number of amides is 6. The highest BCUT2D eigenvalue weighted by Gasteiger charge is 2.41. The molecule has 202 valence electrons. The molecule has 3 aromatic rings. The summed E-state index contributed by atoms with van der Waals surface area (Å²) in [6, 6.07) is 4.06. The van der Waals surface area contributed by atoms with E-state index < -0.39 is 36.0 Å². The van der Waals surface area contributed by atoms with Gasteiger partial charge >= 0.3 is 6.03 Å². The first-order valence-corrected chi connectivity index (χ1v) is 12.8. The number of carbonyl (C=O) groups excluding carboxylic acids is 5. The summed E-state index contributed by atoms with van der Waals surface area (Å²) in [4.78, 5) is 69.8. The molecule has 3 atom stereocenters. The van der Waals surface area contributed by atoms with Crippen LogP contribution >= 0.6 is 11.3 Å². The third kappa shape index (κ3) is 5.18. The normalized spacial score (nSPS) is 21.0. The first-order valence-electron chi connectivity index (χ1n) is 11.9. The molecule has 6 amide bonds. The molecule has 15 nitrogen and oxygen atoms in total. The molecule has 0 spiro atoms. The quantitative estimate of drug-likeness (QED) is 0.317. The molecule has 2 saturated heterocycles. The van der Waals surface area contributed by atoms with E-state index in [1.54, 1.807) is 34.5 Å². The number of nitrogens with one attached hydrogen (secondary N) is 4. The molecule has 2 aliphatic rings. The number of tetrazole rings is 1. The van der Waals surface area contributed by atoms with Crippen molar-refractivity contribution in [2.75, 3.05) is 20.6 Å². The first-order chi connectivity index (χ1) is 18.7. The van der Waals surface area contributed by atoms with Gasteiger partial charge in [0.2, 0.25) is 17.6 Å². The van der Waals surface area contributed by atoms with Crippen LogP contribution < -0.4 is 16.0 Å². The minimum absolute atomic E-state index is 0.144. The second-order valence-corrected chi connectivity index (χ2v) is 9.93. The van der Waals surface area contributed by atoms with Crippen LogP contribution in [0.25, 0.3) is 11.4 Å². The fourth-order valence-corrected chi connectivity index (χ4v) is 5.42. The molecule has 4 N–H and O–H groups in total. The Labute approximate surface area is 225 Å². The lowest BCUT2D eigenvalue weighted by molar-refractivity contribution is -0.134. The second kappa shape index (κ2) is 10.6. The Balaban J connectivity index is 1.39. The van der Waals surface area contributed by atoms with Gasteiger partial charge in [0.05, 0.1) is 12.5 Å². The van der Waals surface area contributed by atoms with Gasteiger partial charge in [0, 0.05) is 43.2 Å². The molecule has 16 heteroatoms. The number of likely N-dealkylation sites (tertiary alicyclic amines) is 1. The van der Waals surface area contributed by atoms with E-state index in [9.17, 15) is 24.0 Å². The Morgan fingerprint density at radius 3 is 2.74 bits per heavy atom. The molecule has 5 rings (SSSR count). The van der Waals surface area contributed by atoms with E-state index in [1.807, 2.05) is 0 Å². The van der Waals surface area contributed by atoms with Gasteiger partial charge in [-0.25, -0.2) is 9.78 Å². The Kier molecular flexibility index (Phi) is 7.02. The number of carbonyl (C=O) groups is 5. The molecule has 2 fully saturated rings. The molecule has 4 heterocycles. The van der Waals surface area contributed by atoms with Gasteiger partial charge in [-0.1, -0.05) is 12.1 Å². The van der Waals surface area contributed by atoms with E-state index in [0.29, 0.717) is 28.4 Å². The van der Waals surface area contributed by atoms with E-state index in [-0.39, 0.29) is 30.5 Å². The maximum absolute atomic E-state index is 13.7. The van der Waals surface area contributed by atoms with Gasteiger partial charge in [0.1, 0.15) is 16.7 Å². The number of H-pyrrole nitrogens is 1. The number of nitrogens with zero attached hydrogens (tertiary/aromatic N) is 6. The molecule has 0 radical (unpaired) electrons. The molecular weight excluding hydrogens is 528 g/mol. The largest absolute Gasteiger partial charge is 0.354 e. The molecule has 1 aromatic carbocycles. The summed E-state index contributed by atoms with van der Waals surface area (Å²) in [7, 11) is 2.84. The Bertz CT molecular complexity index is 1420. The van der Waals surface area contributed by atoms with Crippen LogP contribution in [0, 0.1) is 0 Å². The van der Waals surface area contributed by atoms with E-state index in [2.05, 4.69) is 41.6 Å². The number of hydrogen-bond acceptors (Lipinski definition) is 10. The van der Waals surface area contributed by atoms with Gasteiger partial charge in [-0.15, -0.1) is 21.5 Å². The molecule has 2 aliphatic heterocycles. The lowest BCUT2D eigenvalue weighted by Crippen LogP contribution is -2.59. The highest BCUT2D eigenvalue weighted by molar-refractivity contribution is 7.09. The number of thiazole rings is 1. The fraction of sp³-hybridized carbons (Fsp3) is 0.348. The third-order valence-corrected chi connectivity index (χ3v) is 7.51. The highest BCUT2D eigenvalue weighted by Crippen LogP contribution is 2.35. The van der Waals surface area contributed by atoms with Gasteiger partial charge in [-0.2, -0.15) is 5.21 Å². The van der Waals surface area contributed by atoms with Crippen LogP contribution in [-0.2, 0) is 9.59 Å². The van der Waals surface area contributed by atoms with Crippen molar-refractivity contribution < 1.29 is 24.0 Å². The van der Waals surface area contributed by atoms with E-state index >= 15 is 0 Å². The smallest absolute Gasteiger partial charge is 0.324 e. The van der Waals surface area contributed by atoms with Crippen LogP contribution in [0.5, 0.6) is 0 Å². The van der Waals surface area contributed by atoms with Crippen molar-refractivity contribution in [1.29, 1.82) is 0 Å². The van der Waals surface area contributed by atoms with Crippen molar-refractivity contribution in [3.63, 3.8) is 0 Å². The summed E-state index contributed by atoms with van der Waals surface area (Å²) in [6.07, 6.45) is 0.148. The van der Waals surface area contributed by atoms with Crippen molar-refractivity contribution in [1.82, 2.24) is 51.4 Å². The van der Waals surface area contributed by atoms with Gasteiger partial charge in [0.25, 0.3) is 11.8 Å². The molecular formula is C23H24N10O5S. The highest BCUT2D eigenvalue weighted by atomic mass is 32.1. The van der Waals surface area contributed by atoms with E-state index in [0.717, 1.165) is 4.90 Å². The average Bonchev–Trinajstić information content (AvgIpc) is 3.71. The number of hydrogen-bond donors (Lipinski definition) is 4. The summed E-state index contributed by atoms with van der Waals surface area (Å²) in [5, 5.41) is 23.9. The summed E-state index contributed by atoms with van der Waals surface area (Å²) < 4.78 is 0. The maximum atomic E-state index is 13.7. The Morgan fingerprint density at radius 1 is 1.21 bits per heavy atom. The molecule has 0 unspecified atom stereocenters. The fourth-order valence-electron chi connectivity index (χ4n) is 4.50. The molecule has 0 aliphatic carbocycles. The number of urea groups is 1. The number of aromatic amines is 1. The minimum Gasteiger partial charge on any atom is -0.354 e. The second-order valence-electron chi connectivity index (χ2n) is 9.04. The van der Waals surface area contributed by atoms with Gasteiger partial charge in [0.15, 0.2) is 0 Å². The van der Waals surface area contributed by atoms with Crippen molar-refractivity contribution in [2.24, 2.45) is 0 Å². The Morgan fingerprint density at radius 2 is 2.03 bits per heavy atom. The first kappa shape index (κ1) is 25.9. The number of benzene rings is 1. The standard InChI is InChI=1S/C23H24N10O5S/c1-24-19(35)15-10-39-21(26-15)16-7-13(25-20(36)14-8-17(34)32(2)23(38)27-14)9-33(16)22(37)12-5-3-4-11(6-12)18-28-30-31-29-18/h3-6,10,13-14,16H,7-9H2,1-2H3,(H,24,35)(H,25,36)(H,27,38)(H,28,29,30,31)/t13-,14-,16-/m0/s1. The number of aromatic nitrogens is 5. The average molecular weight is 553 g/mol. The zero-order valence-corrected chi connectivity index (χ0v) is 21.7. The molecule has 0 bridgehead atoms. The third-order valence-electron chi connectivity index (χ3n) is 6.56. The van der Waals surface area contributed by atoms with Crippen LogP contribution in [0.4, 0.5) is 4.79 Å².